The molecular weight excluding hydrogens is 456 g/mol. The molecule has 0 aromatic carbocycles. The van der Waals surface area contributed by atoms with Crippen molar-refractivity contribution in [2.75, 3.05) is 19.7 Å². The second-order valence-corrected chi connectivity index (χ2v) is 10.1. The first-order valence-corrected chi connectivity index (χ1v) is 12.6. The minimum atomic E-state index is -4.43. The van der Waals surface area contributed by atoms with Crippen LogP contribution in [0.5, 0.6) is 0 Å². The van der Waals surface area contributed by atoms with E-state index in [1.54, 1.807) is 0 Å². The third-order valence-electron chi connectivity index (χ3n) is 7.37. The van der Waals surface area contributed by atoms with Crippen LogP contribution in [0, 0.1) is 5.92 Å². The molecule has 2 saturated carbocycles. The Morgan fingerprint density at radius 1 is 1.00 bits per heavy atom. The van der Waals surface area contributed by atoms with Crippen molar-refractivity contribution in [1.29, 1.82) is 0 Å². The summed E-state index contributed by atoms with van der Waals surface area (Å²) in [6.07, 6.45) is 0.863. The first kappa shape index (κ1) is 26.0. The summed E-state index contributed by atoms with van der Waals surface area (Å²) in [6, 6.07) is 0.332. The highest BCUT2D eigenvalue weighted by molar-refractivity contribution is 5.78. The molecule has 4 aliphatic rings. The largest absolute Gasteiger partial charge is 0.411 e. The summed E-state index contributed by atoms with van der Waals surface area (Å²) in [5.41, 5.74) is 0. The van der Waals surface area contributed by atoms with E-state index >= 15 is 0 Å². The number of nitrogens with one attached hydrogen (secondary N) is 5. The van der Waals surface area contributed by atoms with Crippen molar-refractivity contribution in [1.82, 2.24) is 31.5 Å². The third kappa shape index (κ3) is 7.72. The maximum atomic E-state index is 13.4. The summed E-state index contributed by atoms with van der Waals surface area (Å²) < 4.78 is 56.7. The Morgan fingerprint density at radius 2 is 1.76 bits per heavy atom. The van der Waals surface area contributed by atoms with E-state index < -0.39 is 37.9 Å². The molecule has 2 aliphatic heterocycles. The van der Waals surface area contributed by atoms with E-state index in [4.69, 9.17) is 4.74 Å². The van der Waals surface area contributed by atoms with Gasteiger partial charge < -0.3 is 9.64 Å². The van der Waals surface area contributed by atoms with Crippen LogP contribution in [0.2, 0.25) is 0 Å². The van der Waals surface area contributed by atoms with Crippen molar-refractivity contribution in [3.8, 4) is 0 Å². The van der Waals surface area contributed by atoms with E-state index in [1.807, 2.05) is 4.90 Å². The molecule has 0 radical (unpaired) electrons. The third-order valence-corrected chi connectivity index (χ3v) is 7.37. The number of amides is 1. The molecule has 0 aromatic rings. The number of carbonyl (C=O) groups excluding carboxylic acids is 1. The molecule has 12 heteroatoms. The SMILES string of the molecule is O=C1CCCN1C1CCCC(NC2NC(NCC3CCC(F)CC3)NC(OCC(F)(F)F)N2)C1. The Kier molecular flexibility index (Phi) is 9.02. The van der Waals surface area contributed by atoms with Crippen LogP contribution in [0.15, 0.2) is 0 Å². The molecule has 196 valence electrons. The van der Waals surface area contributed by atoms with Crippen LogP contribution >= 0.6 is 0 Å². The van der Waals surface area contributed by atoms with Gasteiger partial charge in [-0.1, -0.05) is 0 Å². The lowest BCUT2D eigenvalue weighted by Gasteiger charge is -2.43. The van der Waals surface area contributed by atoms with Crippen LogP contribution in [-0.2, 0) is 9.53 Å². The Labute approximate surface area is 198 Å². The molecule has 5 atom stereocenters. The molecule has 5 N–H and O–H groups in total. The number of ether oxygens (including phenoxy) is 1. The average molecular weight is 495 g/mol. The van der Waals surface area contributed by atoms with Crippen LogP contribution in [0.1, 0.15) is 64.2 Å². The maximum absolute atomic E-state index is 13.4. The van der Waals surface area contributed by atoms with Gasteiger partial charge >= 0.3 is 6.18 Å². The van der Waals surface area contributed by atoms with Crippen molar-refractivity contribution >= 4 is 5.91 Å². The highest BCUT2D eigenvalue weighted by Gasteiger charge is 2.36. The predicted octanol–water partition coefficient (Wildman–Crippen LogP) is 1.84. The van der Waals surface area contributed by atoms with Gasteiger partial charge in [-0.2, -0.15) is 13.2 Å². The quantitative estimate of drug-likeness (QED) is 0.329. The molecule has 5 unspecified atom stereocenters. The Morgan fingerprint density at radius 3 is 2.47 bits per heavy atom. The van der Waals surface area contributed by atoms with Gasteiger partial charge in [0.2, 0.25) is 5.91 Å². The van der Waals surface area contributed by atoms with E-state index in [2.05, 4.69) is 26.6 Å². The lowest BCUT2D eigenvalue weighted by atomic mass is 9.88. The highest BCUT2D eigenvalue weighted by atomic mass is 19.4. The lowest BCUT2D eigenvalue weighted by Crippen LogP contribution is -2.76. The molecule has 2 aliphatic carbocycles. The number of hydrogen-bond donors (Lipinski definition) is 5. The number of alkyl halides is 4. The lowest BCUT2D eigenvalue weighted by molar-refractivity contribution is -0.199. The molecule has 0 aromatic heterocycles. The molecule has 34 heavy (non-hydrogen) atoms. The molecule has 1 amide bonds. The number of hydrogen-bond acceptors (Lipinski definition) is 7. The Bertz CT molecular complexity index is 664. The van der Waals surface area contributed by atoms with Gasteiger partial charge in [-0.3, -0.25) is 31.4 Å². The standard InChI is InChI=1S/C22H38F4N6O2/c23-15-8-6-14(7-9-15)12-27-19-29-20(31-21(30-19)34-13-22(24,25)26)28-16-3-1-4-17(11-16)32-10-2-5-18(32)33/h14-17,19-21,27-31H,1-13H2. The number of carbonyl (C=O) groups is 1. The second-order valence-electron chi connectivity index (χ2n) is 10.1. The zero-order valence-corrected chi connectivity index (χ0v) is 19.5. The maximum Gasteiger partial charge on any atom is 0.411 e. The highest BCUT2D eigenvalue weighted by Crippen LogP contribution is 2.27. The van der Waals surface area contributed by atoms with Crippen molar-refractivity contribution < 1.29 is 27.1 Å². The Balaban J connectivity index is 1.31. The minimum absolute atomic E-state index is 0.124. The molecule has 2 heterocycles. The van der Waals surface area contributed by atoms with Crippen molar-refractivity contribution in [2.45, 2.75) is 108 Å². The zero-order chi connectivity index (χ0) is 24.1. The fraction of sp³-hybridized carbons (Fsp3) is 0.955. The topological polar surface area (TPSA) is 89.7 Å². The van der Waals surface area contributed by atoms with Gasteiger partial charge in [-0.15, -0.1) is 0 Å². The molecule has 2 saturated heterocycles. The molecular formula is C22H38F4N6O2. The van der Waals surface area contributed by atoms with Crippen molar-refractivity contribution in [2.24, 2.45) is 5.92 Å². The van der Waals surface area contributed by atoms with E-state index in [0.29, 0.717) is 31.7 Å². The first-order valence-electron chi connectivity index (χ1n) is 12.6. The number of halogens is 4. The van der Waals surface area contributed by atoms with Crippen LogP contribution in [-0.4, -0.2) is 73.9 Å². The number of rotatable bonds is 8. The second kappa shape index (κ2) is 11.8. The summed E-state index contributed by atoms with van der Waals surface area (Å²) in [7, 11) is 0. The summed E-state index contributed by atoms with van der Waals surface area (Å²) in [5.74, 6) is 0.555. The molecule has 4 rings (SSSR count). The summed E-state index contributed by atoms with van der Waals surface area (Å²) in [4.78, 5) is 14.2. The van der Waals surface area contributed by atoms with Crippen LogP contribution in [0.25, 0.3) is 0 Å². The fourth-order valence-corrected chi connectivity index (χ4v) is 5.60. The fourth-order valence-electron chi connectivity index (χ4n) is 5.60. The van der Waals surface area contributed by atoms with Gasteiger partial charge in [0, 0.05) is 31.6 Å². The van der Waals surface area contributed by atoms with E-state index in [0.717, 1.165) is 51.5 Å². The van der Waals surface area contributed by atoms with Gasteiger partial charge in [-0.05, 0) is 63.7 Å². The zero-order valence-electron chi connectivity index (χ0n) is 19.5. The van der Waals surface area contributed by atoms with Crippen LogP contribution in [0.4, 0.5) is 17.6 Å². The normalized spacial score (nSPS) is 37.8. The van der Waals surface area contributed by atoms with E-state index in [1.165, 1.54) is 0 Å². The van der Waals surface area contributed by atoms with Crippen molar-refractivity contribution in [3.63, 3.8) is 0 Å². The Hall–Kier alpha value is -1.05. The smallest absolute Gasteiger partial charge is 0.340 e. The molecule has 8 nitrogen and oxygen atoms in total. The number of likely N-dealkylation sites (tertiary alicyclic amines) is 1. The average Bonchev–Trinajstić information content (AvgIpc) is 3.23. The van der Waals surface area contributed by atoms with Gasteiger partial charge in [0.05, 0.1) is 0 Å². The first-order chi connectivity index (χ1) is 16.2. The minimum Gasteiger partial charge on any atom is -0.340 e. The van der Waals surface area contributed by atoms with Crippen LogP contribution in [0.3, 0.4) is 0 Å². The van der Waals surface area contributed by atoms with Crippen molar-refractivity contribution in [3.05, 3.63) is 0 Å². The van der Waals surface area contributed by atoms with Gasteiger partial charge in [0.25, 0.3) is 0 Å². The monoisotopic (exact) mass is 494 g/mol. The summed E-state index contributed by atoms with van der Waals surface area (Å²) >= 11 is 0. The van der Waals surface area contributed by atoms with E-state index in [9.17, 15) is 22.4 Å². The van der Waals surface area contributed by atoms with Crippen LogP contribution < -0.4 is 26.6 Å². The van der Waals surface area contributed by atoms with Gasteiger partial charge in [0.15, 0.2) is 6.35 Å². The number of nitrogens with zero attached hydrogens (tertiary/aromatic N) is 1. The molecule has 0 bridgehead atoms. The van der Waals surface area contributed by atoms with Gasteiger partial charge in [-0.25, -0.2) is 4.39 Å². The summed E-state index contributed by atoms with van der Waals surface area (Å²) in [5, 5.41) is 16.1. The summed E-state index contributed by atoms with van der Waals surface area (Å²) in [6.45, 7) is 0.0859. The van der Waals surface area contributed by atoms with Gasteiger partial charge in [0.1, 0.15) is 25.4 Å². The molecule has 4 fully saturated rings. The molecule has 0 spiro atoms. The van der Waals surface area contributed by atoms with E-state index in [-0.39, 0.29) is 18.0 Å². The predicted molar refractivity (Wildman–Crippen MR) is 118 cm³/mol.